The van der Waals surface area contributed by atoms with Gasteiger partial charge in [-0.05, 0) is 37.5 Å². The van der Waals surface area contributed by atoms with Crippen LogP contribution in [0.15, 0.2) is 23.8 Å². The third-order valence-electron chi connectivity index (χ3n) is 4.55. The Kier molecular flexibility index (Phi) is 4.06. The Hall–Kier alpha value is -1.04. The highest BCUT2D eigenvalue weighted by Crippen LogP contribution is 2.26. The predicted octanol–water partition coefficient (Wildman–Crippen LogP) is 2.34. The normalized spacial score (nSPS) is 34.8. The van der Waals surface area contributed by atoms with Gasteiger partial charge in [0.25, 0.3) is 0 Å². The molecule has 3 unspecified atom stereocenters. The second-order valence-corrected chi connectivity index (χ2v) is 6.04. The predicted molar refractivity (Wildman–Crippen MR) is 79.8 cm³/mol. The lowest BCUT2D eigenvalue weighted by Crippen LogP contribution is -2.59. The Bertz CT molecular complexity index is 436. The standard InChI is InChI=1S/C17H24N2/c1-14-6-2-3-7-15(12-14)13-19-11-10-18-16-8-4-5-9-17(16)19/h3,7,12,14,16-18H,4-5,8-11,13H2,1H3. The summed E-state index contributed by atoms with van der Waals surface area (Å²) >= 11 is 0. The highest BCUT2D eigenvalue weighted by atomic mass is 15.2. The van der Waals surface area contributed by atoms with E-state index < -0.39 is 0 Å². The van der Waals surface area contributed by atoms with Crippen LogP contribution in [0.2, 0.25) is 0 Å². The molecule has 1 saturated heterocycles. The van der Waals surface area contributed by atoms with Crippen LogP contribution in [0.4, 0.5) is 0 Å². The van der Waals surface area contributed by atoms with Crippen LogP contribution < -0.4 is 5.32 Å². The first-order valence-electron chi connectivity index (χ1n) is 7.68. The van der Waals surface area contributed by atoms with Crippen molar-refractivity contribution in [3.8, 4) is 11.8 Å². The lowest BCUT2D eigenvalue weighted by molar-refractivity contribution is 0.0978. The smallest absolute Gasteiger partial charge is 0.0364 e. The van der Waals surface area contributed by atoms with E-state index in [9.17, 15) is 0 Å². The minimum atomic E-state index is 0.384. The van der Waals surface area contributed by atoms with E-state index in [0.29, 0.717) is 5.92 Å². The van der Waals surface area contributed by atoms with Gasteiger partial charge in [0.1, 0.15) is 0 Å². The molecule has 2 nitrogen and oxygen atoms in total. The van der Waals surface area contributed by atoms with Crippen molar-refractivity contribution < 1.29 is 0 Å². The number of allylic oxidation sites excluding steroid dienone is 2. The molecular formula is C17H24N2. The second kappa shape index (κ2) is 5.94. The fraction of sp³-hybridized carbons (Fsp3) is 0.647. The van der Waals surface area contributed by atoms with Crippen molar-refractivity contribution in [2.45, 2.75) is 44.7 Å². The van der Waals surface area contributed by atoms with Gasteiger partial charge in [0.2, 0.25) is 0 Å². The third kappa shape index (κ3) is 3.11. The Balaban J connectivity index is 1.68. The van der Waals surface area contributed by atoms with E-state index in [1.165, 1.54) is 37.8 Å². The third-order valence-corrected chi connectivity index (χ3v) is 4.55. The van der Waals surface area contributed by atoms with E-state index in [-0.39, 0.29) is 0 Å². The second-order valence-electron chi connectivity index (χ2n) is 6.04. The molecule has 2 fully saturated rings. The summed E-state index contributed by atoms with van der Waals surface area (Å²) in [7, 11) is 0. The Labute approximate surface area is 116 Å². The van der Waals surface area contributed by atoms with Crippen LogP contribution in [0, 0.1) is 17.8 Å². The minimum Gasteiger partial charge on any atom is -0.311 e. The molecule has 0 aromatic rings. The quantitative estimate of drug-likeness (QED) is 0.763. The van der Waals surface area contributed by atoms with Gasteiger partial charge in [-0.2, -0.15) is 0 Å². The van der Waals surface area contributed by atoms with Crippen molar-refractivity contribution >= 4 is 0 Å². The summed E-state index contributed by atoms with van der Waals surface area (Å²) in [6.07, 6.45) is 12.1. The molecule has 0 spiro atoms. The van der Waals surface area contributed by atoms with Gasteiger partial charge in [-0.3, -0.25) is 4.90 Å². The summed E-state index contributed by atoms with van der Waals surface area (Å²) in [5.74, 6) is 6.72. The maximum atomic E-state index is 3.71. The fourth-order valence-electron chi connectivity index (χ4n) is 3.63. The van der Waals surface area contributed by atoms with Crippen LogP contribution in [0.1, 0.15) is 32.6 Å². The summed E-state index contributed by atoms with van der Waals surface area (Å²) < 4.78 is 0. The van der Waals surface area contributed by atoms with Gasteiger partial charge in [0.15, 0.2) is 0 Å². The molecular weight excluding hydrogens is 232 g/mol. The number of hydrogen-bond donors (Lipinski definition) is 1. The van der Waals surface area contributed by atoms with Gasteiger partial charge in [-0.1, -0.05) is 30.8 Å². The number of piperazine rings is 1. The molecule has 102 valence electrons. The Morgan fingerprint density at radius 3 is 3.21 bits per heavy atom. The van der Waals surface area contributed by atoms with Gasteiger partial charge < -0.3 is 5.32 Å². The number of nitrogens with one attached hydrogen (secondary N) is 1. The average Bonchev–Trinajstić information content (AvgIpc) is 2.63. The zero-order chi connectivity index (χ0) is 13.1. The van der Waals surface area contributed by atoms with Crippen molar-refractivity contribution in [1.82, 2.24) is 10.2 Å². The molecule has 1 heterocycles. The molecule has 1 saturated carbocycles. The molecule has 0 bridgehead atoms. The molecule has 2 aliphatic carbocycles. The van der Waals surface area contributed by atoms with Crippen LogP contribution in [0.3, 0.4) is 0 Å². The SMILES string of the molecule is CC1C#CC=CC(CN2CCNC3CCCCC32)=C1. The van der Waals surface area contributed by atoms with Crippen LogP contribution in [0.25, 0.3) is 0 Å². The topological polar surface area (TPSA) is 15.3 Å². The molecule has 1 N–H and O–H groups in total. The van der Waals surface area contributed by atoms with E-state index in [1.54, 1.807) is 0 Å². The minimum absolute atomic E-state index is 0.384. The van der Waals surface area contributed by atoms with Crippen molar-refractivity contribution in [2.24, 2.45) is 5.92 Å². The lowest BCUT2D eigenvalue weighted by Gasteiger charge is -2.44. The first kappa shape index (κ1) is 13.0. The Morgan fingerprint density at radius 1 is 1.37 bits per heavy atom. The van der Waals surface area contributed by atoms with E-state index in [1.807, 2.05) is 6.08 Å². The molecule has 0 aromatic carbocycles. The average molecular weight is 256 g/mol. The number of fused-ring (bicyclic) bond motifs is 1. The summed E-state index contributed by atoms with van der Waals surface area (Å²) in [5, 5.41) is 3.71. The van der Waals surface area contributed by atoms with Crippen LogP contribution in [-0.4, -0.2) is 36.6 Å². The van der Waals surface area contributed by atoms with Crippen molar-refractivity contribution in [1.29, 1.82) is 0 Å². The molecule has 2 heteroatoms. The summed E-state index contributed by atoms with van der Waals surface area (Å²) in [6, 6.07) is 1.47. The van der Waals surface area contributed by atoms with Crippen molar-refractivity contribution in [3.05, 3.63) is 23.8 Å². The largest absolute Gasteiger partial charge is 0.311 e. The number of nitrogens with zero attached hydrogens (tertiary/aromatic N) is 1. The van der Waals surface area contributed by atoms with Crippen LogP contribution in [-0.2, 0) is 0 Å². The lowest BCUT2D eigenvalue weighted by atomic mass is 9.87. The van der Waals surface area contributed by atoms with Crippen molar-refractivity contribution in [2.75, 3.05) is 19.6 Å². The first-order chi connectivity index (χ1) is 9.33. The zero-order valence-corrected chi connectivity index (χ0v) is 11.9. The molecule has 1 aliphatic heterocycles. The van der Waals surface area contributed by atoms with E-state index in [0.717, 1.165) is 25.2 Å². The molecule has 19 heavy (non-hydrogen) atoms. The van der Waals surface area contributed by atoms with E-state index in [4.69, 9.17) is 0 Å². The monoisotopic (exact) mass is 256 g/mol. The highest BCUT2D eigenvalue weighted by Gasteiger charge is 2.32. The molecule has 3 atom stereocenters. The van der Waals surface area contributed by atoms with E-state index in [2.05, 4.69) is 41.1 Å². The molecule has 0 aromatic heterocycles. The summed E-state index contributed by atoms with van der Waals surface area (Å²) in [5.41, 5.74) is 1.43. The fourth-order valence-corrected chi connectivity index (χ4v) is 3.63. The van der Waals surface area contributed by atoms with Crippen molar-refractivity contribution in [3.63, 3.8) is 0 Å². The number of hydrogen-bond acceptors (Lipinski definition) is 2. The van der Waals surface area contributed by atoms with Gasteiger partial charge in [-0.15, -0.1) is 0 Å². The Morgan fingerprint density at radius 2 is 2.26 bits per heavy atom. The zero-order valence-electron chi connectivity index (χ0n) is 11.9. The molecule has 0 amide bonds. The summed E-state index contributed by atoms with van der Waals surface area (Å²) in [6.45, 7) is 5.60. The summed E-state index contributed by atoms with van der Waals surface area (Å²) in [4.78, 5) is 2.69. The van der Waals surface area contributed by atoms with Gasteiger partial charge in [0, 0.05) is 37.6 Å². The maximum absolute atomic E-state index is 3.71. The first-order valence-corrected chi connectivity index (χ1v) is 7.68. The van der Waals surface area contributed by atoms with Crippen LogP contribution >= 0.6 is 0 Å². The van der Waals surface area contributed by atoms with Gasteiger partial charge >= 0.3 is 0 Å². The van der Waals surface area contributed by atoms with E-state index >= 15 is 0 Å². The highest BCUT2D eigenvalue weighted by molar-refractivity contribution is 5.34. The van der Waals surface area contributed by atoms with Gasteiger partial charge in [0.05, 0.1) is 0 Å². The van der Waals surface area contributed by atoms with Gasteiger partial charge in [-0.25, -0.2) is 0 Å². The molecule has 3 aliphatic rings. The maximum Gasteiger partial charge on any atom is 0.0364 e. The van der Waals surface area contributed by atoms with Crippen LogP contribution in [0.5, 0.6) is 0 Å². The number of rotatable bonds is 2. The molecule has 0 radical (unpaired) electrons. The molecule has 3 rings (SSSR count).